The van der Waals surface area contributed by atoms with Gasteiger partial charge in [-0.1, -0.05) is 54.8 Å². The maximum Gasteiger partial charge on any atom is 0.301 e. The van der Waals surface area contributed by atoms with Crippen molar-refractivity contribution < 1.29 is 28.9 Å². The fourth-order valence-corrected chi connectivity index (χ4v) is 6.27. The number of carbonyl (C=O) groups is 2. The molecule has 2 aliphatic rings. The summed E-state index contributed by atoms with van der Waals surface area (Å²) in [4.78, 5) is 33.3. The minimum Gasteiger partial charge on any atom is -0.507 e. The van der Waals surface area contributed by atoms with Gasteiger partial charge in [-0.3, -0.25) is 14.5 Å². The highest BCUT2D eigenvalue weighted by Crippen LogP contribution is 2.45. The Balaban J connectivity index is 1.48. The zero-order valence-electron chi connectivity index (χ0n) is 22.3. The number of nitrogens with zero attached hydrogens (tertiary/aromatic N) is 2. The average Bonchev–Trinajstić information content (AvgIpc) is 3.52. The zero-order chi connectivity index (χ0) is 28.5. The molecular formula is C31H27ClN2O6S. The molecular weight excluding hydrogens is 564 g/mol. The number of aliphatic hydroxyl groups excluding tert-OH is 1. The molecule has 2 aliphatic heterocycles. The summed E-state index contributed by atoms with van der Waals surface area (Å²) in [5.74, 6) is -0.296. The molecule has 1 N–H and O–H groups in total. The Morgan fingerprint density at radius 3 is 2.73 bits per heavy atom. The molecule has 1 fully saturated rings. The molecule has 1 aromatic heterocycles. The van der Waals surface area contributed by atoms with Crippen molar-refractivity contribution >= 4 is 55.7 Å². The number of ketones is 1. The number of unbranched alkanes of at least 4 members (excludes halogenated alkanes) is 2. The number of hydrogen-bond donors (Lipinski definition) is 1. The first kappa shape index (κ1) is 27.1. The summed E-state index contributed by atoms with van der Waals surface area (Å²) in [6, 6.07) is 16.5. The Morgan fingerprint density at radius 1 is 1.07 bits per heavy atom. The van der Waals surface area contributed by atoms with Crippen LogP contribution in [-0.2, 0) is 9.59 Å². The Labute approximate surface area is 245 Å². The first-order valence-electron chi connectivity index (χ1n) is 13.4. The van der Waals surface area contributed by atoms with Crippen LogP contribution < -0.4 is 19.1 Å². The fraction of sp³-hybridized carbons (Fsp3) is 0.258. The summed E-state index contributed by atoms with van der Waals surface area (Å²) in [5.41, 5.74) is 1.54. The van der Waals surface area contributed by atoms with Crippen molar-refractivity contribution in [2.24, 2.45) is 0 Å². The van der Waals surface area contributed by atoms with Crippen LogP contribution in [0.5, 0.6) is 17.2 Å². The van der Waals surface area contributed by atoms with Crippen molar-refractivity contribution in [1.82, 2.24) is 4.98 Å². The highest BCUT2D eigenvalue weighted by Gasteiger charge is 2.48. The number of ether oxygens (including phenoxy) is 3. The number of halogens is 1. The second-order valence-electron chi connectivity index (χ2n) is 9.76. The lowest BCUT2D eigenvalue weighted by molar-refractivity contribution is -0.132. The van der Waals surface area contributed by atoms with Crippen LogP contribution in [0.1, 0.15) is 43.4 Å². The number of hydrogen-bond acceptors (Lipinski definition) is 8. The van der Waals surface area contributed by atoms with Crippen molar-refractivity contribution in [1.29, 1.82) is 0 Å². The quantitative estimate of drug-likeness (QED) is 0.103. The number of carbonyl (C=O) groups excluding carboxylic acids is 2. The van der Waals surface area contributed by atoms with Gasteiger partial charge in [-0.2, -0.15) is 0 Å². The molecule has 41 heavy (non-hydrogen) atoms. The maximum atomic E-state index is 13.6. The molecule has 1 amide bonds. The second kappa shape index (κ2) is 11.4. The molecule has 0 aliphatic carbocycles. The number of benzene rings is 3. The van der Waals surface area contributed by atoms with E-state index in [0.717, 1.165) is 24.0 Å². The van der Waals surface area contributed by atoms with Crippen LogP contribution in [0.3, 0.4) is 0 Å². The number of aliphatic hydroxyl groups is 1. The van der Waals surface area contributed by atoms with Crippen molar-refractivity contribution in [3.63, 3.8) is 0 Å². The van der Waals surface area contributed by atoms with Gasteiger partial charge in [0.25, 0.3) is 5.78 Å². The molecule has 8 nitrogen and oxygen atoms in total. The molecule has 0 spiro atoms. The number of anilines is 1. The van der Waals surface area contributed by atoms with Crippen LogP contribution in [0.2, 0.25) is 5.02 Å². The number of fused-ring (bicyclic) bond motifs is 2. The van der Waals surface area contributed by atoms with Gasteiger partial charge in [0.1, 0.15) is 24.7 Å². The summed E-state index contributed by atoms with van der Waals surface area (Å²) in [5, 5.41) is 12.4. The van der Waals surface area contributed by atoms with Crippen LogP contribution in [0.15, 0.2) is 66.2 Å². The van der Waals surface area contributed by atoms with Crippen LogP contribution in [0, 0.1) is 0 Å². The average molecular weight is 591 g/mol. The van der Waals surface area contributed by atoms with Gasteiger partial charge in [-0.15, -0.1) is 0 Å². The predicted octanol–water partition coefficient (Wildman–Crippen LogP) is 6.92. The Morgan fingerprint density at radius 2 is 1.90 bits per heavy atom. The van der Waals surface area contributed by atoms with Crippen LogP contribution in [0.25, 0.3) is 16.0 Å². The van der Waals surface area contributed by atoms with Crippen molar-refractivity contribution in [2.45, 2.75) is 32.2 Å². The van der Waals surface area contributed by atoms with Crippen molar-refractivity contribution in [3.05, 3.63) is 82.4 Å². The SMILES string of the molecule is CCCCCOc1cccc([C@@H]2C(=C(O)c3ccc4c(c3)OCCO4)C(=O)C(=O)N2c2nc3ccc(Cl)cc3s2)c1. The molecule has 0 saturated carbocycles. The Kier molecular flexibility index (Phi) is 7.55. The fourth-order valence-electron chi connectivity index (χ4n) is 5.00. The highest BCUT2D eigenvalue weighted by atomic mass is 35.5. The highest BCUT2D eigenvalue weighted by molar-refractivity contribution is 7.22. The molecule has 210 valence electrons. The van der Waals surface area contributed by atoms with E-state index in [1.807, 2.05) is 18.2 Å². The zero-order valence-corrected chi connectivity index (χ0v) is 23.8. The van der Waals surface area contributed by atoms with Gasteiger partial charge >= 0.3 is 5.91 Å². The monoisotopic (exact) mass is 590 g/mol. The molecule has 3 heterocycles. The normalized spacial score (nSPS) is 17.8. The lowest BCUT2D eigenvalue weighted by Crippen LogP contribution is -2.29. The van der Waals surface area contributed by atoms with E-state index in [2.05, 4.69) is 11.9 Å². The molecule has 10 heteroatoms. The van der Waals surface area contributed by atoms with E-state index in [1.54, 1.807) is 42.5 Å². The third-order valence-electron chi connectivity index (χ3n) is 7.00. The van der Waals surface area contributed by atoms with E-state index >= 15 is 0 Å². The third kappa shape index (κ3) is 5.23. The van der Waals surface area contributed by atoms with Crippen LogP contribution in [0.4, 0.5) is 5.13 Å². The molecule has 0 bridgehead atoms. The number of rotatable bonds is 8. The minimum atomic E-state index is -0.946. The lowest BCUT2D eigenvalue weighted by Gasteiger charge is -2.24. The second-order valence-corrected chi connectivity index (χ2v) is 11.2. The van der Waals surface area contributed by atoms with Crippen LogP contribution in [-0.4, -0.2) is 41.6 Å². The van der Waals surface area contributed by atoms with Gasteiger partial charge in [-0.25, -0.2) is 4.98 Å². The lowest BCUT2D eigenvalue weighted by atomic mass is 9.95. The Hall–Kier alpha value is -4.08. The molecule has 6 rings (SSSR count). The van der Waals surface area contributed by atoms with E-state index in [1.165, 1.54) is 16.2 Å². The Bertz CT molecular complexity index is 1680. The summed E-state index contributed by atoms with van der Waals surface area (Å²) < 4.78 is 18.0. The largest absolute Gasteiger partial charge is 0.507 e. The molecule has 1 atom stereocenters. The molecule has 0 radical (unpaired) electrons. The molecule has 1 saturated heterocycles. The summed E-state index contributed by atoms with van der Waals surface area (Å²) in [6.07, 6.45) is 3.04. The third-order valence-corrected chi connectivity index (χ3v) is 8.25. The first-order valence-corrected chi connectivity index (χ1v) is 14.6. The van der Waals surface area contributed by atoms with Gasteiger partial charge in [-0.05, 0) is 60.5 Å². The van der Waals surface area contributed by atoms with Crippen molar-refractivity contribution in [3.8, 4) is 17.2 Å². The summed E-state index contributed by atoms with van der Waals surface area (Å²) in [7, 11) is 0. The van der Waals surface area contributed by atoms with Gasteiger partial charge in [0.15, 0.2) is 16.6 Å². The molecule has 4 aromatic rings. The first-order chi connectivity index (χ1) is 19.9. The smallest absolute Gasteiger partial charge is 0.301 e. The number of Topliss-reactive ketones (excluding diaryl/α,β-unsaturated/α-hetero) is 1. The standard InChI is InChI=1S/C31H27ClN2O6S/c1-2-3-4-12-38-21-7-5-6-18(15-21)27-26(28(35)19-8-11-23-24(16-19)40-14-13-39-23)29(36)30(37)34(27)31-33-22-10-9-20(32)17-25(22)41-31/h5-11,15-17,27,35H,2-4,12-14H2,1H3/t27-/m1/s1. The number of aromatic nitrogens is 1. The van der Waals surface area contributed by atoms with E-state index < -0.39 is 17.7 Å². The van der Waals surface area contributed by atoms with Crippen LogP contribution >= 0.6 is 22.9 Å². The topological polar surface area (TPSA) is 98.2 Å². The van der Waals surface area contributed by atoms with Gasteiger partial charge < -0.3 is 19.3 Å². The van der Waals surface area contributed by atoms with Gasteiger partial charge in [0.2, 0.25) is 0 Å². The number of thiazole rings is 1. The van der Waals surface area contributed by atoms with Crippen molar-refractivity contribution in [2.75, 3.05) is 24.7 Å². The van der Waals surface area contributed by atoms with E-state index in [4.69, 9.17) is 25.8 Å². The van der Waals surface area contributed by atoms with E-state index in [0.29, 0.717) is 63.9 Å². The molecule has 3 aromatic carbocycles. The van der Waals surface area contributed by atoms with E-state index in [9.17, 15) is 14.7 Å². The molecule has 0 unspecified atom stereocenters. The summed E-state index contributed by atoms with van der Waals surface area (Å²) in [6.45, 7) is 3.47. The van der Waals surface area contributed by atoms with Gasteiger partial charge in [0, 0.05) is 10.6 Å². The minimum absolute atomic E-state index is 0.0490. The predicted molar refractivity (Wildman–Crippen MR) is 158 cm³/mol. The maximum absolute atomic E-state index is 13.6. The number of amides is 1. The summed E-state index contributed by atoms with van der Waals surface area (Å²) >= 11 is 7.45. The van der Waals surface area contributed by atoms with Gasteiger partial charge in [0.05, 0.1) is 28.4 Å². The van der Waals surface area contributed by atoms with E-state index in [-0.39, 0.29) is 11.3 Å².